The summed E-state index contributed by atoms with van der Waals surface area (Å²) in [4.78, 5) is -0.141. The highest BCUT2D eigenvalue weighted by molar-refractivity contribution is 7.89. The van der Waals surface area contributed by atoms with Gasteiger partial charge in [0.05, 0.1) is 9.90 Å². The lowest BCUT2D eigenvalue weighted by Gasteiger charge is -2.09. The smallest absolute Gasteiger partial charge is 0.211 e. The molecular weight excluding hydrogens is 394 g/mol. The third kappa shape index (κ3) is 4.84. The lowest BCUT2D eigenvalue weighted by Crippen LogP contribution is -2.25. The van der Waals surface area contributed by atoms with Crippen molar-refractivity contribution in [3.8, 4) is 0 Å². The van der Waals surface area contributed by atoms with Crippen molar-refractivity contribution in [1.82, 2.24) is 4.72 Å². The van der Waals surface area contributed by atoms with Crippen LogP contribution in [0.5, 0.6) is 0 Å². The van der Waals surface area contributed by atoms with Gasteiger partial charge in [0.15, 0.2) is 0 Å². The molecule has 0 amide bonds. The van der Waals surface area contributed by atoms with Gasteiger partial charge in [0.2, 0.25) is 10.0 Å². The molecule has 0 radical (unpaired) electrons. The Hall–Kier alpha value is -0.800. The van der Waals surface area contributed by atoms with Crippen molar-refractivity contribution in [2.24, 2.45) is 0 Å². The van der Waals surface area contributed by atoms with Crippen LogP contribution in [-0.2, 0) is 22.6 Å². The monoisotopic (exact) mass is 403 g/mol. The number of hydrogen-bond donors (Lipinski definition) is 1. The highest BCUT2D eigenvalue weighted by Gasteiger charge is 2.30. The van der Waals surface area contributed by atoms with Gasteiger partial charge in [-0.25, -0.2) is 13.1 Å². The van der Waals surface area contributed by atoms with Crippen molar-refractivity contribution >= 4 is 44.6 Å². The number of alkyl halides is 3. The quantitative estimate of drug-likeness (QED) is 0.792. The van der Waals surface area contributed by atoms with Crippen molar-refractivity contribution in [3.05, 3.63) is 50.1 Å². The molecule has 0 aliphatic heterocycles. The van der Waals surface area contributed by atoms with E-state index in [-0.39, 0.29) is 26.5 Å². The van der Waals surface area contributed by atoms with Crippen molar-refractivity contribution in [2.45, 2.75) is 17.5 Å². The molecule has 2 rings (SSSR count). The Labute approximate surface area is 145 Å². The van der Waals surface area contributed by atoms with Crippen LogP contribution in [0.1, 0.15) is 11.1 Å². The second kappa shape index (κ2) is 6.98. The summed E-state index contributed by atoms with van der Waals surface area (Å²) < 4.78 is 64.5. The van der Waals surface area contributed by atoms with Crippen LogP contribution >= 0.6 is 34.5 Å². The van der Waals surface area contributed by atoms with Crippen molar-refractivity contribution in [3.63, 3.8) is 0 Å². The summed E-state index contributed by atoms with van der Waals surface area (Å²) in [7, 11) is -3.86. The van der Waals surface area contributed by atoms with Crippen LogP contribution < -0.4 is 4.72 Å². The fraction of sp³-hybridized carbons (Fsp3) is 0.231. The Morgan fingerprint density at radius 1 is 1.17 bits per heavy atom. The average molecular weight is 404 g/mol. The van der Waals surface area contributed by atoms with Crippen molar-refractivity contribution < 1.29 is 21.6 Å². The van der Waals surface area contributed by atoms with E-state index in [1.807, 2.05) is 0 Å². The molecule has 0 spiro atoms. The van der Waals surface area contributed by atoms with Gasteiger partial charge in [-0.1, -0.05) is 41.4 Å². The van der Waals surface area contributed by atoms with E-state index in [1.54, 1.807) is 0 Å². The average Bonchev–Trinajstić information content (AvgIpc) is 2.78. The maximum atomic E-state index is 12.6. The number of hydrogen-bond acceptors (Lipinski definition) is 3. The molecule has 1 aromatic carbocycles. The number of halogens is 5. The van der Waals surface area contributed by atoms with Crippen LogP contribution in [0.15, 0.2) is 35.2 Å². The topological polar surface area (TPSA) is 46.2 Å². The molecular formula is C13H10Cl2F3NO2S2. The van der Waals surface area contributed by atoms with Gasteiger partial charge < -0.3 is 0 Å². The lowest BCUT2D eigenvalue weighted by atomic mass is 10.1. The number of thiophene rings is 1. The van der Waals surface area contributed by atoms with Gasteiger partial charge in [0.25, 0.3) is 0 Å². The van der Waals surface area contributed by atoms with Gasteiger partial charge in [-0.2, -0.15) is 13.2 Å². The molecule has 0 saturated carbocycles. The van der Waals surface area contributed by atoms with Gasteiger partial charge >= 0.3 is 6.18 Å². The van der Waals surface area contributed by atoms with Crippen LogP contribution in [0.4, 0.5) is 13.2 Å². The predicted molar refractivity (Wildman–Crippen MR) is 84.7 cm³/mol. The number of sulfonamides is 1. The standard InChI is InChI=1S/C13H10Cl2F3NO2S2/c14-11-7-10(12(15)22-11)23(20,21)19-5-4-8-2-1-3-9(6-8)13(16,17)18/h1-3,6-7,19H,4-5H2. The van der Waals surface area contributed by atoms with Crippen molar-refractivity contribution in [1.29, 1.82) is 0 Å². The molecule has 0 bridgehead atoms. The van der Waals surface area contributed by atoms with E-state index in [0.717, 1.165) is 23.5 Å². The van der Waals surface area contributed by atoms with Gasteiger partial charge in [-0.3, -0.25) is 0 Å². The van der Waals surface area contributed by atoms with Crippen LogP contribution in [-0.4, -0.2) is 15.0 Å². The molecule has 1 heterocycles. The Morgan fingerprint density at radius 2 is 1.87 bits per heavy atom. The van der Waals surface area contributed by atoms with Crippen LogP contribution in [0.3, 0.4) is 0 Å². The summed E-state index contributed by atoms with van der Waals surface area (Å²) in [5.41, 5.74) is -0.400. The molecule has 23 heavy (non-hydrogen) atoms. The zero-order valence-electron chi connectivity index (χ0n) is 11.3. The minimum Gasteiger partial charge on any atom is -0.211 e. The molecule has 0 atom stereocenters. The van der Waals surface area contributed by atoms with Gasteiger partial charge in [0, 0.05) is 6.54 Å². The van der Waals surface area contributed by atoms with Crippen LogP contribution in [0.25, 0.3) is 0 Å². The van der Waals surface area contributed by atoms with Gasteiger partial charge in [-0.15, -0.1) is 11.3 Å². The zero-order valence-corrected chi connectivity index (χ0v) is 14.5. The van der Waals surface area contributed by atoms with Gasteiger partial charge in [0.1, 0.15) is 9.23 Å². The summed E-state index contributed by atoms with van der Waals surface area (Å²) in [6, 6.07) is 5.95. The van der Waals surface area contributed by atoms with E-state index in [9.17, 15) is 21.6 Å². The first-order valence-corrected chi connectivity index (χ1v) is 9.26. The molecule has 1 aromatic heterocycles. The summed E-state index contributed by atoms with van der Waals surface area (Å²) in [6.07, 6.45) is -4.32. The minimum absolute atomic E-state index is 0.0292. The summed E-state index contributed by atoms with van der Waals surface area (Å²) in [6.45, 7) is -0.0621. The molecule has 1 N–H and O–H groups in total. The minimum atomic E-state index is -4.43. The predicted octanol–water partition coefficient (Wildman–Crippen LogP) is 4.59. The zero-order chi connectivity index (χ0) is 17.3. The van der Waals surface area contributed by atoms with Crippen molar-refractivity contribution in [2.75, 3.05) is 6.54 Å². The number of benzene rings is 1. The normalized spacial score (nSPS) is 12.6. The van der Waals surface area contributed by atoms with E-state index in [0.29, 0.717) is 5.56 Å². The lowest BCUT2D eigenvalue weighted by molar-refractivity contribution is -0.137. The molecule has 0 fully saturated rings. The molecule has 0 saturated heterocycles. The highest BCUT2D eigenvalue weighted by atomic mass is 35.5. The van der Waals surface area contributed by atoms with E-state index in [1.165, 1.54) is 18.2 Å². The largest absolute Gasteiger partial charge is 0.416 e. The second-order valence-corrected chi connectivity index (χ2v) is 8.56. The second-order valence-electron chi connectivity index (χ2n) is 4.53. The SMILES string of the molecule is O=S(=O)(NCCc1cccc(C(F)(F)F)c1)c1cc(Cl)sc1Cl. The fourth-order valence-electron chi connectivity index (χ4n) is 1.82. The van der Waals surface area contributed by atoms with Gasteiger partial charge in [-0.05, 0) is 24.1 Å². The maximum Gasteiger partial charge on any atom is 0.416 e. The Morgan fingerprint density at radius 3 is 2.43 bits per heavy atom. The molecule has 0 aliphatic rings. The first kappa shape index (κ1) is 18.5. The summed E-state index contributed by atoms with van der Waals surface area (Å²) in [5.74, 6) is 0. The molecule has 0 aliphatic carbocycles. The fourth-order valence-corrected chi connectivity index (χ4v) is 5.00. The first-order valence-electron chi connectivity index (χ1n) is 6.20. The Bertz CT molecular complexity index is 804. The van der Waals surface area contributed by atoms with E-state index >= 15 is 0 Å². The third-order valence-corrected chi connectivity index (χ3v) is 6.09. The van der Waals surface area contributed by atoms with Crippen LogP contribution in [0, 0.1) is 0 Å². The Balaban J connectivity index is 2.04. The molecule has 10 heteroatoms. The Kier molecular flexibility index (Phi) is 5.63. The maximum absolute atomic E-state index is 12.6. The van der Waals surface area contributed by atoms with E-state index in [4.69, 9.17) is 23.2 Å². The summed E-state index contributed by atoms with van der Waals surface area (Å²) >= 11 is 12.4. The number of nitrogens with one attached hydrogen (secondary N) is 1. The van der Waals surface area contributed by atoms with E-state index < -0.39 is 21.8 Å². The number of rotatable bonds is 5. The molecule has 126 valence electrons. The molecule has 3 nitrogen and oxygen atoms in total. The first-order chi connectivity index (χ1) is 10.6. The van der Waals surface area contributed by atoms with Crippen LogP contribution in [0.2, 0.25) is 8.67 Å². The highest BCUT2D eigenvalue weighted by Crippen LogP contribution is 2.34. The van der Waals surface area contributed by atoms with E-state index in [2.05, 4.69) is 4.72 Å². The molecule has 2 aromatic rings. The summed E-state index contributed by atoms with van der Waals surface area (Å²) in [5, 5.41) is 0. The molecule has 0 unspecified atom stereocenters. The third-order valence-electron chi connectivity index (χ3n) is 2.87.